The van der Waals surface area contributed by atoms with Crippen LogP contribution in [0.2, 0.25) is 0 Å². The van der Waals surface area contributed by atoms with Crippen LogP contribution in [0.4, 0.5) is 0 Å². The second-order valence-electron chi connectivity index (χ2n) is 2.81. The van der Waals surface area contributed by atoms with Crippen molar-refractivity contribution >= 4 is 12.6 Å². The van der Waals surface area contributed by atoms with Gasteiger partial charge in [0.2, 0.25) is 0 Å². The minimum atomic E-state index is 0.0922. The topological polar surface area (TPSA) is 9.23 Å². The summed E-state index contributed by atoms with van der Waals surface area (Å²) in [6, 6.07) is 10.1. The lowest BCUT2D eigenvalue weighted by molar-refractivity contribution is 0.105. The van der Waals surface area contributed by atoms with Crippen LogP contribution in [0.3, 0.4) is 0 Å². The zero-order chi connectivity index (χ0) is 8.97. The molecule has 0 aliphatic carbocycles. The highest BCUT2D eigenvalue weighted by Crippen LogP contribution is 2.23. The van der Waals surface area contributed by atoms with Crippen LogP contribution >= 0.6 is 12.6 Å². The predicted octanol–water partition coefficient (Wildman–Crippen LogP) is 2.69. The van der Waals surface area contributed by atoms with Gasteiger partial charge in [0.1, 0.15) is 0 Å². The molecule has 1 aromatic carbocycles. The van der Waals surface area contributed by atoms with Crippen LogP contribution < -0.4 is 0 Å². The molecule has 2 heteroatoms. The summed E-state index contributed by atoms with van der Waals surface area (Å²) in [6.45, 7) is 2.03. The third-order valence-electron chi connectivity index (χ3n) is 1.82. The molecule has 0 aromatic heterocycles. The second-order valence-corrected chi connectivity index (χ2v) is 3.62. The fraction of sp³-hybridized carbons (Fsp3) is 0.400. The maximum absolute atomic E-state index is 5.32. The molecule has 1 nitrogen and oxygen atoms in total. The highest BCUT2D eigenvalue weighted by atomic mass is 32.1. The molecule has 0 aliphatic heterocycles. The lowest BCUT2D eigenvalue weighted by Crippen LogP contribution is -2.11. The maximum Gasteiger partial charge on any atom is 0.0934 e. The van der Waals surface area contributed by atoms with Crippen molar-refractivity contribution in [1.29, 1.82) is 0 Å². The molecule has 1 aromatic rings. The average molecular weight is 182 g/mol. The first kappa shape index (κ1) is 9.62. The minimum absolute atomic E-state index is 0.0922. The minimum Gasteiger partial charge on any atom is -0.376 e. The Morgan fingerprint density at radius 3 is 2.25 bits per heavy atom. The van der Waals surface area contributed by atoms with E-state index in [0.29, 0.717) is 0 Å². The van der Waals surface area contributed by atoms with Gasteiger partial charge in [0, 0.05) is 12.4 Å². The van der Waals surface area contributed by atoms with E-state index in [-0.39, 0.29) is 11.4 Å². The van der Waals surface area contributed by atoms with Crippen LogP contribution in [0.1, 0.15) is 18.6 Å². The van der Waals surface area contributed by atoms with Crippen molar-refractivity contribution in [2.24, 2.45) is 0 Å². The van der Waals surface area contributed by atoms with Crippen molar-refractivity contribution in [3.8, 4) is 0 Å². The van der Waals surface area contributed by atoms with E-state index < -0.39 is 0 Å². The van der Waals surface area contributed by atoms with Gasteiger partial charge in [-0.25, -0.2) is 0 Å². The Hall–Kier alpha value is -0.470. The highest BCUT2D eigenvalue weighted by Gasteiger charge is 2.14. The first-order valence-corrected chi connectivity index (χ1v) is 4.53. The van der Waals surface area contributed by atoms with Gasteiger partial charge >= 0.3 is 0 Å². The monoisotopic (exact) mass is 182 g/mol. The number of methoxy groups -OCH3 is 1. The van der Waals surface area contributed by atoms with Crippen LogP contribution in [0.25, 0.3) is 0 Å². The van der Waals surface area contributed by atoms with Crippen molar-refractivity contribution in [2.45, 2.75) is 18.3 Å². The molecule has 0 fully saturated rings. The third-order valence-corrected chi connectivity index (χ3v) is 2.09. The molecule has 0 spiro atoms. The Balaban J connectivity index is 2.80. The fourth-order valence-electron chi connectivity index (χ4n) is 1.25. The average Bonchev–Trinajstić information content (AvgIpc) is 2.07. The van der Waals surface area contributed by atoms with E-state index >= 15 is 0 Å². The predicted molar refractivity (Wildman–Crippen MR) is 54.6 cm³/mol. The van der Waals surface area contributed by atoms with E-state index in [9.17, 15) is 0 Å². The molecule has 1 rings (SSSR count). The summed E-state index contributed by atoms with van der Waals surface area (Å²) in [5.41, 5.74) is 1.18. The largest absolute Gasteiger partial charge is 0.376 e. The third kappa shape index (κ3) is 2.26. The second kappa shape index (κ2) is 4.53. The number of hydrogen-bond donors (Lipinski definition) is 1. The van der Waals surface area contributed by atoms with Gasteiger partial charge < -0.3 is 4.74 Å². The van der Waals surface area contributed by atoms with Gasteiger partial charge in [-0.15, -0.1) is 0 Å². The Kier molecular flexibility index (Phi) is 3.63. The Labute approximate surface area is 79.2 Å². The van der Waals surface area contributed by atoms with Crippen LogP contribution in [0.15, 0.2) is 30.3 Å². The molecule has 0 heterocycles. The van der Waals surface area contributed by atoms with Crippen LogP contribution in [-0.2, 0) is 4.74 Å². The van der Waals surface area contributed by atoms with E-state index in [1.165, 1.54) is 5.56 Å². The summed E-state index contributed by atoms with van der Waals surface area (Å²) in [4.78, 5) is 0. The van der Waals surface area contributed by atoms with E-state index in [0.717, 1.165) is 0 Å². The Morgan fingerprint density at radius 1 is 1.25 bits per heavy atom. The van der Waals surface area contributed by atoms with Crippen molar-refractivity contribution in [3.63, 3.8) is 0 Å². The molecule has 0 bridgehead atoms. The number of thiol groups is 1. The number of ether oxygens (including phenoxy) is 1. The molecule has 2 atom stereocenters. The van der Waals surface area contributed by atoms with Crippen LogP contribution in [-0.4, -0.2) is 12.4 Å². The highest BCUT2D eigenvalue weighted by molar-refractivity contribution is 7.81. The van der Waals surface area contributed by atoms with Gasteiger partial charge in [-0.3, -0.25) is 0 Å². The Bertz CT molecular complexity index is 221. The van der Waals surface area contributed by atoms with E-state index in [1.807, 2.05) is 25.1 Å². The first-order valence-electron chi connectivity index (χ1n) is 4.01. The smallest absolute Gasteiger partial charge is 0.0934 e. The number of benzene rings is 1. The summed E-state index contributed by atoms with van der Waals surface area (Å²) in [5, 5.41) is 0.220. The molecule has 0 aliphatic rings. The van der Waals surface area contributed by atoms with Gasteiger partial charge in [0.05, 0.1) is 6.10 Å². The summed E-state index contributed by atoms with van der Waals surface area (Å²) in [6.07, 6.45) is 0.0922. The van der Waals surface area contributed by atoms with Crippen LogP contribution in [0, 0.1) is 0 Å². The molecule has 2 unspecified atom stereocenters. The van der Waals surface area contributed by atoms with Crippen molar-refractivity contribution in [1.82, 2.24) is 0 Å². The van der Waals surface area contributed by atoms with Gasteiger partial charge in [-0.2, -0.15) is 12.6 Å². The van der Waals surface area contributed by atoms with Gasteiger partial charge in [0.25, 0.3) is 0 Å². The molecule has 0 amide bonds. The molecule has 0 saturated heterocycles. The summed E-state index contributed by atoms with van der Waals surface area (Å²) >= 11 is 4.36. The standard InChI is InChI=1S/C10H14OS/c1-8(12)10(11-2)9-6-4-3-5-7-9/h3-8,10,12H,1-2H3. The molecular formula is C10H14OS. The van der Waals surface area contributed by atoms with E-state index in [1.54, 1.807) is 7.11 Å². The lowest BCUT2D eigenvalue weighted by Gasteiger charge is -2.18. The molecule has 12 heavy (non-hydrogen) atoms. The number of hydrogen-bond acceptors (Lipinski definition) is 2. The van der Waals surface area contributed by atoms with E-state index in [2.05, 4.69) is 24.8 Å². The molecule has 66 valence electrons. The van der Waals surface area contributed by atoms with Gasteiger partial charge in [-0.05, 0) is 5.56 Å². The van der Waals surface area contributed by atoms with Crippen molar-refractivity contribution in [2.75, 3.05) is 7.11 Å². The Morgan fingerprint density at radius 2 is 1.83 bits per heavy atom. The first-order chi connectivity index (χ1) is 5.75. The van der Waals surface area contributed by atoms with Gasteiger partial charge in [-0.1, -0.05) is 37.3 Å². The normalized spacial score (nSPS) is 15.6. The molecule has 0 saturated carbocycles. The molecular weight excluding hydrogens is 168 g/mol. The lowest BCUT2D eigenvalue weighted by atomic mass is 10.1. The molecule has 0 N–H and O–H groups in total. The summed E-state index contributed by atoms with van der Waals surface area (Å²) in [5.74, 6) is 0. The SMILES string of the molecule is COC(c1ccccc1)C(C)S. The van der Waals surface area contributed by atoms with Crippen molar-refractivity contribution < 1.29 is 4.74 Å². The van der Waals surface area contributed by atoms with Crippen molar-refractivity contribution in [3.05, 3.63) is 35.9 Å². The molecule has 0 radical (unpaired) electrons. The summed E-state index contributed by atoms with van der Waals surface area (Å²) in [7, 11) is 1.71. The fourth-order valence-corrected chi connectivity index (χ4v) is 1.55. The zero-order valence-electron chi connectivity index (χ0n) is 7.40. The van der Waals surface area contributed by atoms with Gasteiger partial charge in [0.15, 0.2) is 0 Å². The quantitative estimate of drug-likeness (QED) is 0.707. The summed E-state index contributed by atoms with van der Waals surface area (Å²) < 4.78 is 5.32. The van der Waals surface area contributed by atoms with E-state index in [4.69, 9.17) is 4.74 Å². The van der Waals surface area contributed by atoms with Crippen LogP contribution in [0.5, 0.6) is 0 Å². The number of rotatable bonds is 3. The zero-order valence-corrected chi connectivity index (χ0v) is 8.29. The maximum atomic E-state index is 5.32.